The van der Waals surface area contributed by atoms with Gasteiger partial charge in [0.2, 0.25) is 0 Å². The van der Waals surface area contributed by atoms with Gasteiger partial charge in [-0.25, -0.2) is 4.98 Å². The molecular formula is C8H11N3. The van der Waals surface area contributed by atoms with Crippen molar-refractivity contribution in [1.29, 1.82) is 5.26 Å². The highest BCUT2D eigenvalue weighted by molar-refractivity contribution is 5.48. The number of rotatable bonds is 0. The van der Waals surface area contributed by atoms with Gasteiger partial charge >= 0.3 is 0 Å². The van der Waals surface area contributed by atoms with E-state index < -0.39 is 0 Å². The summed E-state index contributed by atoms with van der Waals surface area (Å²) in [4.78, 5) is 3.71. The second kappa shape index (κ2) is 5.24. The lowest BCUT2D eigenvalue weighted by Gasteiger charge is -1.90. The number of nitriles is 1. The largest absolute Gasteiger partial charge is 0.396 e. The van der Waals surface area contributed by atoms with E-state index >= 15 is 0 Å². The molecular weight excluding hydrogens is 138 g/mol. The normalized spacial score (nSPS) is 7.36. The topological polar surface area (TPSA) is 62.7 Å². The van der Waals surface area contributed by atoms with Crippen LogP contribution in [0.4, 0.5) is 5.69 Å². The molecule has 0 bridgehead atoms. The van der Waals surface area contributed by atoms with Crippen molar-refractivity contribution in [3.8, 4) is 6.07 Å². The summed E-state index contributed by atoms with van der Waals surface area (Å²) in [6.45, 7) is 4.00. The molecule has 0 aliphatic carbocycles. The van der Waals surface area contributed by atoms with Crippen molar-refractivity contribution in [2.45, 2.75) is 13.8 Å². The first kappa shape index (κ1) is 9.44. The Morgan fingerprint density at radius 3 is 2.55 bits per heavy atom. The van der Waals surface area contributed by atoms with E-state index in [1.165, 1.54) is 6.20 Å². The van der Waals surface area contributed by atoms with Crippen molar-refractivity contribution in [1.82, 2.24) is 4.98 Å². The Balaban J connectivity index is 0.000000461. The minimum absolute atomic E-state index is 0.289. The number of hydrogen-bond acceptors (Lipinski definition) is 3. The molecule has 58 valence electrons. The lowest BCUT2D eigenvalue weighted by Crippen LogP contribution is -1.91. The second-order valence-corrected chi connectivity index (χ2v) is 1.55. The maximum absolute atomic E-state index is 8.33. The predicted molar refractivity (Wildman–Crippen MR) is 44.7 cm³/mol. The second-order valence-electron chi connectivity index (χ2n) is 1.55. The summed E-state index contributed by atoms with van der Waals surface area (Å²) in [7, 11) is 0. The first-order valence-corrected chi connectivity index (χ1v) is 3.45. The number of nitrogens with zero attached hydrogens (tertiary/aromatic N) is 2. The molecule has 1 aromatic heterocycles. The molecule has 0 spiro atoms. The highest BCUT2D eigenvalue weighted by Crippen LogP contribution is 2.03. The van der Waals surface area contributed by atoms with Gasteiger partial charge in [0.25, 0.3) is 0 Å². The highest BCUT2D eigenvalue weighted by atomic mass is 14.7. The van der Waals surface area contributed by atoms with Crippen LogP contribution in [0.3, 0.4) is 0 Å². The van der Waals surface area contributed by atoms with E-state index in [9.17, 15) is 0 Å². The van der Waals surface area contributed by atoms with Crippen LogP contribution in [0.25, 0.3) is 0 Å². The molecule has 0 saturated carbocycles. The third-order valence-corrected chi connectivity index (χ3v) is 0.945. The van der Waals surface area contributed by atoms with E-state index in [2.05, 4.69) is 4.98 Å². The van der Waals surface area contributed by atoms with E-state index in [-0.39, 0.29) is 5.69 Å². The van der Waals surface area contributed by atoms with Gasteiger partial charge in [-0.15, -0.1) is 0 Å². The van der Waals surface area contributed by atoms with Crippen LogP contribution in [0.2, 0.25) is 0 Å². The Morgan fingerprint density at radius 1 is 1.55 bits per heavy atom. The van der Waals surface area contributed by atoms with Crippen molar-refractivity contribution in [2.75, 3.05) is 5.73 Å². The molecule has 0 amide bonds. The molecule has 0 atom stereocenters. The summed E-state index contributed by atoms with van der Waals surface area (Å²) in [6.07, 6.45) is 1.54. The molecule has 0 saturated heterocycles. The molecule has 0 aliphatic heterocycles. The van der Waals surface area contributed by atoms with Crippen LogP contribution in [-0.2, 0) is 0 Å². The van der Waals surface area contributed by atoms with Gasteiger partial charge in [-0.2, -0.15) is 5.26 Å². The molecule has 0 unspecified atom stereocenters. The van der Waals surface area contributed by atoms with Gasteiger partial charge in [0.1, 0.15) is 6.07 Å². The number of hydrogen-bond donors (Lipinski definition) is 1. The summed E-state index contributed by atoms with van der Waals surface area (Å²) < 4.78 is 0. The van der Waals surface area contributed by atoms with Crippen molar-refractivity contribution >= 4 is 5.69 Å². The average molecular weight is 149 g/mol. The van der Waals surface area contributed by atoms with Crippen LogP contribution in [0.5, 0.6) is 0 Å². The van der Waals surface area contributed by atoms with Crippen molar-refractivity contribution in [3.63, 3.8) is 0 Å². The van der Waals surface area contributed by atoms with E-state index in [0.29, 0.717) is 5.69 Å². The van der Waals surface area contributed by atoms with Crippen LogP contribution in [0.1, 0.15) is 19.5 Å². The molecule has 3 nitrogen and oxygen atoms in total. The molecule has 1 aromatic rings. The van der Waals surface area contributed by atoms with Gasteiger partial charge in [0.05, 0.1) is 5.69 Å². The summed E-state index contributed by atoms with van der Waals surface area (Å²) in [5.74, 6) is 0. The maximum Gasteiger partial charge on any atom is 0.163 e. The highest BCUT2D eigenvalue weighted by Gasteiger charge is 1.92. The van der Waals surface area contributed by atoms with Crippen LogP contribution in [0.15, 0.2) is 18.3 Å². The standard InChI is InChI=1S/C6H5N3.C2H6/c7-4-6-5(8)2-1-3-9-6;1-2/h1-3H,8H2;1-2H3. The minimum Gasteiger partial charge on any atom is -0.396 e. The molecule has 0 aliphatic rings. The number of pyridine rings is 1. The SMILES string of the molecule is CC.N#Cc1ncccc1N. The molecule has 1 heterocycles. The van der Waals surface area contributed by atoms with Crippen LogP contribution in [0, 0.1) is 11.3 Å². The Morgan fingerprint density at radius 2 is 2.18 bits per heavy atom. The summed E-state index contributed by atoms with van der Waals surface area (Å²) in [5, 5.41) is 8.33. The number of aromatic nitrogens is 1. The zero-order valence-corrected chi connectivity index (χ0v) is 6.70. The molecule has 0 aromatic carbocycles. The monoisotopic (exact) mass is 149 g/mol. The molecule has 0 radical (unpaired) electrons. The predicted octanol–water partition coefficient (Wildman–Crippen LogP) is 1.56. The molecule has 0 fully saturated rings. The molecule has 11 heavy (non-hydrogen) atoms. The van der Waals surface area contributed by atoms with Crippen molar-refractivity contribution in [2.24, 2.45) is 0 Å². The van der Waals surface area contributed by atoms with Crippen molar-refractivity contribution < 1.29 is 0 Å². The van der Waals surface area contributed by atoms with Gasteiger partial charge < -0.3 is 5.73 Å². The smallest absolute Gasteiger partial charge is 0.163 e. The molecule has 3 heteroatoms. The Labute approximate surface area is 66.5 Å². The van der Waals surface area contributed by atoms with E-state index in [4.69, 9.17) is 11.0 Å². The first-order chi connectivity index (χ1) is 5.34. The van der Waals surface area contributed by atoms with Gasteiger partial charge in [-0.3, -0.25) is 0 Å². The Hall–Kier alpha value is -1.56. The molecule has 1 rings (SSSR count). The Bertz CT molecular complexity index is 250. The van der Waals surface area contributed by atoms with Gasteiger partial charge in [0.15, 0.2) is 5.69 Å². The van der Waals surface area contributed by atoms with Crippen molar-refractivity contribution in [3.05, 3.63) is 24.0 Å². The maximum atomic E-state index is 8.33. The molecule has 2 N–H and O–H groups in total. The summed E-state index contributed by atoms with van der Waals surface area (Å²) >= 11 is 0. The van der Waals surface area contributed by atoms with Gasteiger partial charge in [-0.05, 0) is 12.1 Å². The fourth-order valence-corrected chi connectivity index (χ4v) is 0.511. The van der Waals surface area contributed by atoms with E-state index in [1.54, 1.807) is 12.1 Å². The van der Waals surface area contributed by atoms with Gasteiger partial charge in [0, 0.05) is 6.20 Å². The number of anilines is 1. The lowest BCUT2D eigenvalue weighted by atomic mass is 10.3. The van der Waals surface area contributed by atoms with Gasteiger partial charge in [-0.1, -0.05) is 13.8 Å². The first-order valence-electron chi connectivity index (χ1n) is 3.45. The summed E-state index contributed by atoms with van der Waals surface area (Å²) in [6, 6.07) is 5.19. The average Bonchev–Trinajstić information content (AvgIpc) is 2.09. The Kier molecular flexibility index (Phi) is 4.50. The number of nitrogen functional groups attached to an aromatic ring is 1. The fraction of sp³-hybridized carbons (Fsp3) is 0.250. The van der Waals surface area contributed by atoms with Crippen LogP contribution in [-0.4, -0.2) is 4.98 Å². The lowest BCUT2D eigenvalue weighted by molar-refractivity contribution is 1.27. The van der Waals surface area contributed by atoms with Crippen LogP contribution < -0.4 is 5.73 Å². The zero-order valence-electron chi connectivity index (χ0n) is 6.70. The summed E-state index contributed by atoms with van der Waals surface area (Å²) in [5.41, 5.74) is 6.07. The zero-order chi connectivity index (χ0) is 8.69. The minimum atomic E-state index is 0.289. The third kappa shape index (κ3) is 2.67. The number of nitrogens with two attached hydrogens (primary N) is 1. The fourth-order valence-electron chi connectivity index (χ4n) is 0.511. The van der Waals surface area contributed by atoms with E-state index in [1.807, 2.05) is 19.9 Å². The van der Waals surface area contributed by atoms with Crippen LogP contribution >= 0.6 is 0 Å². The van der Waals surface area contributed by atoms with E-state index in [0.717, 1.165) is 0 Å². The quantitative estimate of drug-likeness (QED) is 0.608. The third-order valence-electron chi connectivity index (χ3n) is 0.945.